The lowest BCUT2D eigenvalue weighted by molar-refractivity contribution is -0.140. The standard InChI is InChI=1S/C11H20N2O4/c1-17-8(6-10(14)15)7-13-11(16)9-4-2-3-5-12-9/h8-9,12H,2-7H2,1H3,(H,13,16)(H,14,15). The van der Waals surface area contributed by atoms with Gasteiger partial charge in [-0.15, -0.1) is 0 Å². The maximum absolute atomic E-state index is 11.7. The Morgan fingerprint density at radius 2 is 2.29 bits per heavy atom. The van der Waals surface area contributed by atoms with Gasteiger partial charge in [-0.25, -0.2) is 0 Å². The molecule has 0 spiro atoms. The summed E-state index contributed by atoms with van der Waals surface area (Å²) in [5.41, 5.74) is 0. The van der Waals surface area contributed by atoms with Gasteiger partial charge in [-0.1, -0.05) is 6.42 Å². The number of carbonyl (C=O) groups is 2. The Kier molecular flexibility index (Phi) is 5.93. The third-order valence-corrected chi connectivity index (χ3v) is 2.87. The molecular formula is C11H20N2O4. The zero-order chi connectivity index (χ0) is 12.7. The molecule has 6 heteroatoms. The zero-order valence-electron chi connectivity index (χ0n) is 10.1. The van der Waals surface area contributed by atoms with E-state index < -0.39 is 12.1 Å². The molecule has 0 aliphatic carbocycles. The van der Waals surface area contributed by atoms with Crippen LogP contribution in [-0.4, -0.2) is 49.3 Å². The quantitative estimate of drug-likeness (QED) is 0.599. The Bertz CT molecular complexity index is 264. The molecule has 1 aliphatic rings. The van der Waals surface area contributed by atoms with Crippen molar-refractivity contribution in [3.8, 4) is 0 Å². The number of piperidine rings is 1. The number of methoxy groups -OCH3 is 1. The maximum atomic E-state index is 11.7. The molecular weight excluding hydrogens is 224 g/mol. The molecule has 0 aromatic rings. The molecule has 3 N–H and O–H groups in total. The smallest absolute Gasteiger partial charge is 0.306 e. The number of ether oxygens (including phenoxy) is 1. The van der Waals surface area contributed by atoms with Crippen molar-refractivity contribution in [3.63, 3.8) is 0 Å². The summed E-state index contributed by atoms with van der Waals surface area (Å²) in [6, 6.07) is -0.147. The van der Waals surface area contributed by atoms with Crippen LogP contribution in [0.1, 0.15) is 25.7 Å². The van der Waals surface area contributed by atoms with E-state index >= 15 is 0 Å². The average molecular weight is 244 g/mol. The van der Waals surface area contributed by atoms with Crippen LogP contribution in [0.4, 0.5) is 0 Å². The minimum Gasteiger partial charge on any atom is -0.481 e. The Morgan fingerprint density at radius 3 is 2.82 bits per heavy atom. The van der Waals surface area contributed by atoms with E-state index in [0.717, 1.165) is 25.8 Å². The normalized spacial score (nSPS) is 21.8. The molecule has 1 saturated heterocycles. The second-order valence-electron chi connectivity index (χ2n) is 4.20. The highest BCUT2D eigenvalue weighted by Crippen LogP contribution is 2.06. The number of hydrogen-bond acceptors (Lipinski definition) is 4. The summed E-state index contributed by atoms with van der Waals surface area (Å²) in [6.45, 7) is 1.10. The topological polar surface area (TPSA) is 87.7 Å². The molecule has 1 fully saturated rings. The van der Waals surface area contributed by atoms with E-state index in [4.69, 9.17) is 9.84 Å². The number of carboxylic acid groups (broad SMARTS) is 1. The highest BCUT2D eigenvalue weighted by molar-refractivity contribution is 5.81. The van der Waals surface area contributed by atoms with Crippen molar-refractivity contribution < 1.29 is 19.4 Å². The molecule has 1 rings (SSSR count). The van der Waals surface area contributed by atoms with E-state index in [1.54, 1.807) is 0 Å². The summed E-state index contributed by atoms with van der Waals surface area (Å²) < 4.78 is 4.98. The fourth-order valence-electron chi connectivity index (χ4n) is 1.85. The van der Waals surface area contributed by atoms with Gasteiger partial charge in [0, 0.05) is 13.7 Å². The van der Waals surface area contributed by atoms with E-state index in [0.29, 0.717) is 0 Å². The molecule has 0 bridgehead atoms. The number of hydrogen-bond donors (Lipinski definition) is 3. The van der Waals surface area contributed by atoms with Crippen molar-refractivity contribution in [2.45, 2.75) is 37.8 Å². The van der Waals surface area contributed by atoms with Crippen molar-refractivity contribution in [2.24, 2.45) is 0 Å². The van der Waals surface area contributed by atoms with E-state index in [9.17, 15) is 9.59 Å². The minimum atomic E-state index is -0.929. The summed E-state index contributed by atoms with van der Waals surface area (Å²) in [6.07, 6.45) is 2.41. The van der Waals surface area contributed by atoms with Crippen LogP contribution in [0.25, 0.3) is 0 Å². The molecule has 0 radical (unpaired) electrons. The van der Waals surface area contributed by atoms with Gasteiger partial charge in [-0.2, -0.15) is 0 Å². The average Bonchev–Trinajstić information content (AvgIpc) is 2.34. The highest BCUT2D eigenvalue weighted by Gasteiger charge is 2.21. The van der Waals surface area contributed by atoms with Crippen molar-refractivity contribution in [2.75, 3.05) is 20.2 Å². The second kappa shape index (κ2) is 7.24. The third-order valence-electron chi connectivity index (χ3n) is 2.87. The molecule has 2 atom stereocenters. The summed E-state index contributed by atoms with van der Waals surface area (Å²) in [5.74, 6) is -1.00. The molecule has 0 aromatic carbocycles. The van der Waals surface area contributed by atoms with Crippen LogP contribution in [0.2, 0.25) is 0 Å². The van der Waals surface area contributed by atoms with Crippen LogP contribution in [0.3, 0.4) is 0 Å². The van der Waals surface area contributed by atoms with Crippen LogP contribution in [-0.2, 0) is 14.3 Å². The number of carboxylic acids is 1. The van der Waals surface area contributed by atoms with Gasteiger partial charge in [-0.3, -0.25) is 9.59 Å². The van der Waals surface area contributed by atoms with Crippen molar-refractivity contribution in [3.05, 3.63) is 0 Å². The second-order valence-corrected chi connectivity index (χ2v) is 4.20. The Hall–Kier alpha value is -1.14. The Labute approximate surface area is 101 Å². The van der Waals surface area contributed by atoms with Crippen LogP contribution in [0.15, 0.2) is 0 Å². The SMILES string of the molecule is COC(CNC(=O)C1CCCCN1)CC(=O)O. The number of amides is 1. The Balaban J connectivity index is 2.27. The molecule has 0 aromatic heterocycles. The molecule has 1 aliphatic heterocycles. The van der Waals surface area contributed by atoms with E-state index in [1.807, 2.05) is 0 Å². The predicted octanol–water partition coefficient (Wildman–Crippen LogP) is -0.266. The highest BCUT2D eigenvalue weighted by atomic mass is 16.5. The lowest BCUT2D eigenvalue weighted by Crippen LogP contribution is -2.48. The van der Waals surface area contributed by atoms with Gasteiger partial charge in [0.2, 0.25) is 5.91 Å². The summed E-state index contributed by atoms with van der Waals surface area (Å²) in [4.78, 5) is 22.2. The van der Waals surface area contributed by atoms with Gasteiger partial charge in [-0.05, 0) is 19.4 Å². The predicted molar refractivity (Wildman–Crippen MR) is 61.7 cm³/mol. The largest absolute Gasteiger partial charge is 0.481 e. The summed E-state index contributed by atoms with van der Waals surface area (Å²) in [5, 5.41) is 14.5. The zero-order valence-corrected chi connectivity index (χ0v) is 10.1. The van der Waals surface area contributed by atoms with Crippen LogP contribution >= 0.6 is 0 Å². The fourth-order valence-corrected chi connectivity index (χ4v) is 1.85. The fraction of sp³-hybridized carbons (Fsp3) is 0.818. The lowest BCUT2D eigenvalue weighted by Gasteiger charge is -2.23. The maximum Gasteiger partial charge on any atom is 0.306 e. The molecule has 1 heterocycles. The van der Waals surface area contributed by atoms with E-state index in [-0.39, 0.29) is 24.9 Å². The molecule has 98 valence electrons. The molecule has 6 nitrogen and oxygen atoms in total. The summed E-state index contributed by atoms with van der Waals surface area (Å²) >= 11 is 0. The van der Waals surface area contributed by atoms with Crippen LogP contribution in [0.5, 0.6) is 0 Å². The molecule has 17 heavy (non-hydrogen) atoms. The first kappa shape index (κ1) is 13.9. The van der Waals surface area contributed by atoms with Gasteiger partial charge >= 0.3 is 5.97 Å². The Morgan fingerprint density at radius 1 is 1.53 bits per heavy atom. The number of carbonyl (C=O) groups excluding carboxylic acids is 1. The number of rotatable bonds is 6. The molecule has 1 amide bonds. The van der Waals surface area contributed by atoms with Gasteiger partial charge in [0.15, 0.2) is 0 Å². The third kappa shape index (κ3) is 5.14. The van der Waals surface area contributed by atoms with Crippen molar-refractivity contribution >= 4 is 11.9 Å². The first-order chi connectivity index (χ1) is 8.13. The van der Waals surface area contributed by atoms with Crippen LogP contribution in [0, 0.1) is 0 Å². The van der Waals surface area contributed by atoms with E-state index in [1.165, 1.54) is 7.11 Å². The van der Waals surface area contributed by atoms with Crippen molar-refractivity contribution in [1.29, 1.82) is 0 Å². The number of aliphatic carboxylic acids is 1. The number of nitrogens with one attached hydrogen (secondary N) is 2. The molecule has 2 unspecified atom stereocenters. The first-order valence-corrected chi connectivity index (χ1v) is 5.89. The lowest BCUT2D eigenvalue weighted by atomic mass is 10.0. The van der Waals surface area contributed by atoms with E-state index in [2.05, 4.69) is 10.6 Å². The van der Waals surface area contributed by atoms with Crippen molar-refractivity contribution in [1.82, 2.24) is 10.6 Å². The first-order valence-electron chi connectivity index (χ1n) is 5.89. The van der Waals surface area contributed by atoms with Crippen LogP contribution < -0.4 is 10.6 Å². The summed E-state index contributed by atoms with van der Waals surface area (Å²) in [7, 11) is 1.44. The minimum absolute atomic E-state index is 0.0721. The monoisotopic (exact) mass is 244 g/mol. The van der Waals surface area contributed by atoms with Gasteiger partial charge in [0.25, 0.3) is 0 Å². The van der Waals surface area contributed by atoms with Gasteiger partial charge in [0.05, 0.1) is 18.6 Å². The van der Waals surface area contributed by atoms with Gasteiger partial charge in [0.1, 0.15) is 0 Å². The molecule has 0 saturated carbocycles. The van der Waals surface area contributed by atoms with Gasteiger partial charge < -0.3 is 20.5 Å².